The highest BCUT2D eigenvalue weighted by Gasteiger charge is 2.18. The number of aryl methyl sites for hydroxylation is 2. The van der Waals surface area contributed by atoms with Gasteiger partial charge in [0.2, 0.25) is 11.8 Å². The lowest BCUT2D eigenvalue weighted by Crippen LogP contribution is -2.47. The van der Waals surface area contributed by atoms with Crippen molar-refractivity contribution < 1.29 is 9.59 Å². The van der Waals surface area contributed by atoms with E-state index in [-0.39, 0.29) is 23.9 Å². The van der Waals surface area contributed by atoms with Gasteiger partial charge in [-0.25, -0.2) is 4.68 Å². The van der Waals surface area contributed by atoms with Crippen molar-refractivity contribution in [2.24, 2.45) is 0 Å². The van der Waals surface area contributed by atoms with Crippen LogP contribution in [0.15, 0.2) is 30.3 Å². The van der Waals surface area contributed by atoms with Crippen molar-refractivity contribution in [3.05, 3.63) is 57.9 Å². The van der Waals surface area contributed by atoms with Crippen molar-refractivity contribution in [1.82, 2.24) is 20.0 Å². The Kier molecular flexibility index (Phi) is 7.84. The average molecular weight is 431 g/mol. The molecule has 2 amide bonds. The lowest BCUT2D eigenvalue weighted by molar-refractivity contribution is -0.132. The number of nitrogens with one attached hydrogen (secondary N) is 1. The molecule has 2 aromatic rings. The Morgan fingerprint density at radius 2 is 1.83 bits per heavy atom. The maximum atomic E-state index is 12.6. The van der Waals surface area contributed by atoms with Crippen molar-refractivity contribution in [3.8, 4) is 0 Å². The Balaban J connectivity index is 2.10. The molecule has 162 valence electrons. The van der Waals surface area contributed by atoms with Crippen LogP contribution in [0.2, 0.25) is 5.15 Å². The van der Waals surface area contributed by atoms with Crippen molar-refractivity contribution in [3.63, 3.8) is 0 Å². The zero-order valence-electron chi connectivity index (χ0n) is 18.6. The van der Waals surface area contributed by atoms with Crippen LogP contribution < -0.4 is 5.32 Å². The number of rotatable bonds is 7. The maximum Gasteiger partial charge on any atom is 0.247 e. The summed E-state index contributed by atoms with van der Waals surface area (Å²) in [6, 6.07) is 8.19. The van der Waals surface area contributed by atoms with Gasteiger partial charge in [-0.3, -0.25) is 9.59 Å². The van der Waals surface area contributed by atoms with Gasteiger partial charge in [0.25, 0.3) is 0 Å². The van der Waals surface area contributed by atoms with E-state index in [0.29, 0.717) is 23.8 Å². The smallest absolute Gasteiger partial charge is 0.247 e. The van der Waals surface area contributed by atoms with Gasteiger partial charge in [0.15, 0.2) is 0 Å². The number of hydrogen-bond donors (Lipinski definition) is 1. The molecule has 30 heavy (non-hydrogen) atoms. The van der Waals surface area contributed by atoms with Crippen LogP contribution in [0.5, 0.6) is 0 Å². The quantitative estimate of drug-likeness (QED) is 0.675. The molecule has 1 aromatic heterocycles. The van der Waals surface area contributed by atoms with Gasteiger partial charge < -0.3 is 10.2 Å². The molecular weight excluding hydrogens is 400 g/mol. The first-order valence-electron chi connectivity index (χ1n) is 10.1. The Morgan fingerprint density at radius 1 is 1.20 bits per heavy atom. The number of likely N-dealkylation sites (N-methyl/N-ethyl adjacent to an activating group) is 1. The number of carbonyl (C=O) groups excluding carboxylic acids is 2. The maximum absolute atomic E-state index is 12.6. The standard InChI is InChI=1S/C23H31ClN4O2/c1-7-27(15-20(29)25-23(4,5)6)21(30)13-12-19-17(3)26-28(22(19)24)14-18-10-8-16(2)9-11-18/h8-13H,7,14-15H2,1-6H3,(H,25,29)/b13-12+. The average Bonchev–Trinajstić information content (AvgIpc) is 2.91. The first-order chi connectivity index (χ1) is 14.0. The Labute approximate surface area is 183 Å². The summed E-state index contributed by atoms with van der Waals surface area (Å²) in [6.07, 6.45) is 3.11. The van der Waals surface area contributed by atoms with E-state index in [1.165, 1.54) is 16.5 Å². The molecule has 0 unspecified atom stereocenters. The highest BCUT2D eigenvalue weighted by molar-refractivity contribution is 6.31. The highest BCUT2D eigenvalue weighted by atomic mass is 35.5. The van der Waals surface area contributed by atoms with Gasteiger partial charge in [-0.15, -0.1) is 0 Å². The fourth-order valence-electron chi connectivity index (χ4n) is 2.96. The predicted molar refractivity (Wildman–Crippen MR) is 121 cm³/mol. The molecule has 0 saturated heterocycles. The van der Waals surface area contributed by atoms with Crippen LogP contribution in [-0.4, -0.2) is 45.1 Å². The molecule has 1 aromatic carbocycles. The summed E-state index contributed by atoms with van der Waals surface area (Å²) >= 11 is 6.52. The monoisotopic (exact) mass is 430 g/mol. The van der Waals surface area contributed by atoms with Gasteiger partial charge in [-0.2, -0.15) is 5.10 Å². The number of benzene rings is 1. The molecule has 0 fully saturated rings. The summed E-state index contributed by atoms with van der Waals surface area (Å²) in [5, 5.41) is 7.85. The van der Waals surface area contributed by atoms with Crippen LogP contribution >= 0.6 is 11.6 Å². The fraction of sp³-hybridized carbons (Fsp3) is 0.435. The zero-order chi connectivity index (χ0) is 22.5. The highest BCUT2D eigenvalue weighted by Crippen LogP contribution is 2.22. The number of hydrogen-bond acceptors (Lipinski definition) is 3. The van der Waals surface area contributed by atoms with Gasteiger partial charge in [0.1, 0.15) is 5.15 Å². The molecule has 2 rings (SSSR count). The second kappa shape index (κ2) is 9.94. The van der Waals surface area contributed by atoms with E-state index in [1.807, 2.05) is 65.8 Å². The summed E-state index contributed by atoms with van der Waals surface area (Å²) < 4.78 is 1.72. The minimum absolute atomic E-state index is 0.0103. The van der Waals surface area contributed by atoms with Gasteiger partial charge in [0, 0.05) is 23.7 Å². The minimum Gasteiger partial charge on any atom is -0.350 e. The minimum atomic E-state index is -0.341. The third-order valence-electron chi connectivity index (χ3n) is 4.50. The van der Waals surface area contributed by atoms with E-state index in [2.05, 4.69) is 10.4 Å². The van der Waals surface area contributed by atoms with E-state index < -0.39 is 0 Å². The van der Waals surface area contributed by atoms with Crippen LogP contribution in [0.25, 0.3) is 6.08 Å². The van der Waals surface area contributed by atoms with E-state index in [9.17, 15) is 9.59 Å². The molecule has 0 saturated carbocycles. The molecule has 1 N–H and O–H groups in total. The molecule has 0 radical (unpaired) electrons. The summed E-state index contributed by atoms with van der Waals surface area (Å²) in [5.41, 5.74) is 3.39. The molecule has 0 atom stereocenters. The molecule has 0 spiro atoms. The summed E-state index contributed by atoms with van der Waals surface area (Å²) in [5.74, 6) is -0.436. The topological polar surface area (TPSA) is 67.2 Å². The van der Waals surface area contributed by atoms with E-state index in [1.54, 1.807) is 10.8 Å². The van der Waals surface area contributed by atoms with Gasteiger partial charge >= 0.3 is 0 Å². The SMILES string of the molecule is CCN(CC(=O)NC(C)(C)C)C(=O)/C=C/c1c(C)nn(Cc2ccc(C)cc2)c1Cl. The van der Waals surface area contributed by atoms with Crippen LogP contribution in [0.4, 0.5) is 0 Å². The Morgan fingerprint density at radius 3 is 2.40 bits per heavy atom. The molecule has 0 aliphatic heterocycles. The first kappa shape index (κ1) is 23.7. The van der Waals surface area contributed by atoms with Gasteiger partial charge in [-0.1, -0.05) is 41.4 Å². The normalized spacial score (nSPS) is 11.7. The molecule has 7 heteroatoms. The Bertz CT molecular complexity index is 924. The predicted octanol–water partition coefficient (Wildman–Crippen LogP) is 3.98. The largest absolute Gasteiger partial charge is 0.350 e. The third-order valence-corrected chi connectivity index (χ3v) is 4.90. The zero-order valence-corrected chi connectivity index (χ0v) is 19.4. The lowest BCUT2D eigenvalue weighted by Gasteiger charge is -2.24. The van der Waals surface area contributed by atoms with Crippen LogP contribution in [0.1, 0.15) is 50.1 Å². The number of amides is 2. The van der Waals surface area contributed by atoms with Crippen LogP contribution in [0, 0.1) is 13.8 Å². The summed E-state index contributed by atoms with van der Waals surface area (Å²) in [4.78, 5) is 26.2. The second-order valence-corrected chi connectivity index (χ2v) is 8.78. The summed E-state index contributed by atoms with van der Waals surface area (Å²) in [6.45, 7) is 12.4. The van der Waals surface area contributed by atoms with E-state index in [0.717, 1.165) is 11.3 Å². The number of nitrogens with zero attached hydrogens (tertiary/aromatic N) is 3. The number of carbonyl (C=O) groups is 2. The molecule has 1 heterocycles. The molecule has 0 aliphatic rings. The third kappa shape index (κ3) is 6.73. The van der Waals surface area contributed by atoms with Crippen LogP contribution in [0.3, 0.4) is 0 Å². The van der Waals surface area contributed by atoms with Crippen molar-refractivity contribution in [2.75, 3.05) is 13.1 Å². The van der Waals surface area contributed by atoms with Crippen molar-refractivity contribution >= 4 is 29.5 Å². The van der Waals surface area contributed by atoms with Gasteiger partial charge in [-0.05, 0) is 53.2 Å². The molecular formula is C23H31ClN4O2. The second-order valence-electron chi connectivity index (χ2n) is 8.42. The van der Waals surface area contributed by atoms with Gasteiger partial charge in [0.05, 0.1) is 18.8 Å². The summed E-state index contributed by atoms with van der Waals surface area (Å²) in [7, 11) is 0. The van der Waals surface area contributed by atoms with Crippen molar-refractivity contribution in [1.29, 1.82) is 0 Å². The molecule has 6 nitrogen and oxygen atoms in total. The molecule has 0 aliphatic carbocycles. The van der Waals surface area contributed by atoms with E-state index in [4.69, 9.17) is 11.6 Å². The lowest BCUT2D eigenvalue weighted by atomic mass is 10.1. The first-order valence-corrected chi connectivity index (χ1v) is 10.4. The molecule has 0 bridgehead atoms. The number of halogens is 1. The Hall–Kier alpha value is -2.60. The van der Waals surface area contributed by atoms with Crippen molar-refractivity contribution in [2.45, 2.75) is 53.6 Å². The van der Waals surface area contributed by atoms with E-state index >= 15 is 0 Å². The van der Waals surface area contributed by atoms with Crippen LogP contribution in [-0.2, 0) is 16.1 Å². The number of aromatic nitrogens is 2. The fourth-order valence-corrected chi connectivity index (χ4v) is 3.26.